The summed E-state index contributed by atoms with van der Waals surface area (Å²) in [4.78, 5) is 15.4. The topological polar surface area (TPSA) is 50.2 Å². The number of benzene rings is 1. The van der Waals surface area contributed by atoms with Gasteiger partial charge in [-0.25, -0.2) is 14.2 Å². The predicted octanol–water partition coefficient (Wildman–Crippen LogP) is 2.96. The first kappa shape index (κ1) is 10.8. The number of aromatic carboxylic acids is 1. The van der Waals surface area contributed by atoms with Crippen molar-refractivity contribution >= 4 is 17.3 Å². The second kappa shape index (κ2) is 4.02. The Morgan fingerprint density at radius 3 is 2.69 bits per heavy atom. The molecule has 5 heteroatoms. The Labute approximate surface area is 95.2 Å². The molecule has 1 aromatic heterocycles. The molecule has 0 fully saturated rings. The molecular weight excluding hydrogens is 229 g/mol. The Balaban J connectivity index is 2.57. The van der Waals surface area contributed by atoms with Crippen LogP contribution in [0.15, 0.2) is 24.3 Å². The van der Waals surface area contributed by atoms with E-state index < -0.39 is 11.8 Å². The van der Waals surface area contributed by atoms with Gasteiger partial charge in [-0.05, 0) is 19.1 Å². The van der Waals surface area contributed by atoms with E-state index in [2.05, 4.69) is 4.98 Å². The zero-order valence-electron chi connectivity index (χ0n) is 8.40. The third kappa shape index (κ3) is 1.81. The van der Waals surface area contributed by atoms with Crippen LogP contribution in [0.25, 0.3) is 11.3 Å². The van der Waals surface area contributed by atoms with Gasteiger partial charge >= 0.3 is 5.97 Å². The quantitative estimate of drug-likeness (QED) is 0.873. The number of carboxylic acids is 1. The monoisotopic (exact) mass is 237 g/mol. The molecule has 0 bridgehead atoms. The van der Waals surface area contributed by atoms with E-state index in [1.54, 1.807) is 25.1 Å². The third-order valence-electron chi connectivity index (χ3n) is 2.11. The average molecular weight is 237 g/mol. The Morgan fingerprint density at radius 1 is 1.44 bits per heavy atom. The zero-order valence-corrected chi connectivity index (χ0v) is 9.21. The molecule has 82 valence electrons. The second-order valence-electron chi connectivity index (χ2n) is 3.21. The van der Waals surface area contributed by atoms with Gasteiger partial charge in [-0.1, -0.05) is 12.1 Å². The van der Waals surface area contributed by atoms with E-state index in [0.717, 1.165) is 11.3 Å². The summed E-state index contributed by atoms with van der Waals surface area (Å²) in [6.45, 7) is 1.73. The maximum Gasteiger partial charge on any atom is 0.365 e. The summed E-state index contributed by atoms with van der Waals surface area (Å²) < 4.78 is 13.5. The number of hydrogen-bond donors (Lipinski definition) is 1. The summed E-state index contributed by atoms with van der Waals surface area (Å²) >= 11 is 1.05. The molecule has 0 saturated heterocycles. The van der Waals surface area contributed by atoms with Crippen LogP contribution < -0.4 is 0 Å². The Kier molecular flexibility index (Phi) is 2.70. The first-order valence-electron chi connectivity index (χ1n) is 4.55. The van der Waals surface area contributed by atoms with Crippen LogP contribution in [0.5, 0.6) is 0 Å². The summed E-state index contributed by atoms with van der Waals surface area (Å²) in [7, 11) is 0. The van der Waals surface area contributed by atoms with Crippen LogP contribution in [0.2, 0.25) is 0 Å². The second-order valence-corrected chi connectivity index (χ2v) is 4.41. The van der Waals surface area contributed by atoms with Crippen molar-refractivity contribution < 1.29 is 14.3 Å². The molecule has 3 nitrogen and oxygen atoms in total. The number of thiazole rings is 1. The Morgan fingerprint density at radius 2 is 2.12 bits per heavy atom. The van der Waals surface area contributed by atoms with Gasteiger partial charge < -0.3 is 5.11 Å². The van der Waals surface area contributed by atoms with Gasteiger partial charge in [-0.2, -0.15) is 0 Å². The highest BCUT2D eigenvalue weighted by Gasteiger charge is 2.16. The van der Waals surface area contributed by atoms with Gasteiger partial charge in [0.15, 0.2) is 0 Å². The van der Waals surface area contributed by atoms with E-state index >= 15 is 0 Å². The molecule has 1 N–H and O–H groups in total. The van der Waals surface area contributed by atoms with Crippen LogP contribution in [0.3, 0.4) is 0 Å². The molecule has 0 atom stereocenters. The van der Waals surface area contributed by atoms with Crippen molar-refractivity contribution in [1.29, 1.82) is 0 Å². The average Bonchev–Trinajstić information content (AvgIpc) is 2.61. The molecule has 2 aromatic rings. The number of halogens is 1. The van der Waals surface area contributed by atoms with E-state index in [9.17, 15) is 9.18 Å². The predicted molar refractivity (Wildman–Crippen MR) is 59.2 cm³/mol. The summed E-state index contributed by atoms with van der Waals surface area (Å²) in [5.41, 5.74) is 0.740. The highest BCUT2D eigenvalue weighted by Crippen LogP contribution is 2.29. The number of carbonyl (C=O) groups is 1. The number of carboxylic acid groups (broad SMARTS) is 1. The smallest absolute Gasteiger partial charge is 0.365 e. The lowest BCUT2D eigenvalue weighted by molar-refractivity contribution is 0.0696. The lowest BCUT2D eigenvalue weighted by Crippen LogP contribution is -1.94. The van der Waals surface area contributed by atoms with E-state index in [1.807, 2.05) is 0 Å². The minimum Gasteiger partial charge on any atom is -0.476 e. The van der Waals surface area contributed by atoms with Crippen molar-refractivity contribution in [3.8, 4) is 11.3 Å². The molecule has 0 aliphatic heterocycles. The number of nitrogens with zero attached hydrogens (tertiary/aromatic N) is 1. The first-order chi connectivity index (χ1) is 7.59. The number of hydrogen-bond acceptors (Lipinski definition) is 3. The van der Waals surface area contributed by atoms with E-state index in [0.29, 0.717) is 16.1 Å². The van der Waals surface area contributed by atoms with Gasteiger partial charge in [-0.3, -0.25) is 0 Å². The SMILES string of the molecule is Cc1sc(C(=O)O)nc1-c1ccccc1F. The van der Waals surface area contributed by atoms with Gasteiger partial charge in [-0.15, -0.1) is 11.3 Å². The summed E-state index contributed by atoms with van der Waals surface area (Å²) in [5, 5.41) is 8.78. The maximum absolute atomic E-state index is 13.5. The van der Waals surface area contributed by atoms with Crippen molar-refractivity contribution in [1.82, 2.24) is 4.98 Å². The highest BCUT2D eigenvalue weighted by molar-refractivity contribution is 7.13. The van der Waals surface area contributed by atoms with Gasteiger partial charge in [0.1, 0.15) is 5.82 Å². The molecular formula is C11H8FNO2S. The normalized spacial score (nSPS) is 10.4. The first-order valence-corrected chi connectivity index (χ1v) is 5.37. The van der Waals surface area contributed by atoms with Crippen LogP contribution in [-0.4, -0.2) is 16.1 Å². The van der Waals surface area contributed by atoms with Crippen molar-refractivity contribution in [3.63, 3.8) is 0 Å². The molecule has 0 amide bonds. The fourth-order valence-corrected chi connectivity index (χ4v) is 2.16. The summed E-state index contributed by atoms with van der Waals surface area (Å²) in [6, 6.07) is 6.19. The van der Waals surface area contributed by atoms with E-state index in [4.69, 9.17) is 5.11 Å². The zero-order chi connectivity index (χ0) is 11.7. The molecule has 1 heterocycles. The van der Waals surface area contributed by atoms with Crippen molar-refractivity contribution in [2.24, 2.45) is 0 Å². The summed E-state index contributed by atoms with van der Waals surface area (Å²) in [6.07, 6.45) is 0. The van der Waals surface area contributed by atoms with Crippen molar-refractivity contribution in [2.75, 3.05) is 0 Å². The number of aromatic nitrogens is 1. The standard InChI is InChI=1S/C11H8FNO2S/c1-6-9(13-10(16-6)11(14)15)7-4-2-3-5-8(7)12/h2-5H,1H3,(H,14,15). The van der Waals surface area contributed by atoms with Crippen LogP contribution in [0.4, 0.5) is 4.39 Å². The fourth-order valence-electron chi connectivity index (χ4n) is 1.39. The molecule has 0 radical (unpaired) electrons. The van der Waals surface area contributed by atoms with Gasteiger partial charge in [0, 0.05) is 10.4 Å². The molecule has 0 aliphatic carbocycles. The Bertz CT molecular complexity index is 551. The molecule has 0 aliphatic rings. The maximum atomic E-state index is 13.5. The molecule has 0 spiro atoms. The molecule has 16 heavy (non-hydrogen) atoms. The number of aryl methyl sites for hydroxylation is 1. The lowest BCUT2D eigenvalue weighted by Gasteiger charge is -1.99. The van der Waals surface area contributed by atoms with Crippen molar-refractivity contribution in [2.45, 2.75) is 6.92 Å². The molecule has 1 aromatic carbocycles. The minimum absolute atomic E-state index is 0.0178. The van der Waals surface area contributed by atoms with E-state index in [-0.39, 0.29) is 5.01 Å². The van der Waals surface area contributed by atoms with Gasteiger partial charge in [0.2, 0.25) is 5.01 Å². The van der Waals surface area contributed by atoms with E-state index in [1.165, 1.54) is 6.07 Å². The van der Waals surface area contributed by atoms with Crippen molar-refractivity contribution in [3.05, 3.63) is 40.0 Å². The largest absolute Gasteiger partial charge is 0.476 e. The highest BCUT2D eigenvalue weighted by atomic mass is 32.1. The van der Waals surface area contributed by atoms with Crippen LogP contribution in [-0.2, 0) is 0 Å². The fraction of sp³-hybridized carbons (Fsp3) is 0.0909. The minimum atomic E-state index is -1.09. The molecule has 0 saturated carbocycles. The van der Waals surface area contributed by atoms with Crippen LogP contribution >= 0.6 is 11.3 Å². The summed E-state index contributed by atoms with van der Waals surface area (Å²) in [5.74, 6) is -1.48. The van der Waals surface area contributed by atoms with Crippen LogP contribution in [0.1, 0.15) is 14.7 Å². The third-order valence-corrected chi connectivity index (χ3v) is 3.07. The van der Waals surface area contributed by atoms with Gasteiger partial charge in [0.25, 0.3) is 0 Å². The molecule has 2 rings (SSSR count). The lowest BCUT2D eigenvalue weighted by atomic mass is 10.1. The van der Waals surface area contributed by atoms with Gasteiger partial charge in [0.05, 0.1) is 5.69 Å². The number of rotatable bonds is 2. The Hall–Kier alpha value is -1.75. The van der Waals surface area contributed by atoms with Crippen LogP contribution in [0, 0.1) is 12.7 Å². The molecule has 0 unspecified atom stereocenters.